The standard InChI is InChI=1S/C13H7ClN2O6/c14-9-6-4-8(5-7-9)13(17)22-12-10(15(18)19)2-1-3-11(12)16(20)21/h1-7H. The summed E-state index contributed by atoms with van der Waals surface area (Å²) in [4.78, 5) is 32.1. The molecule has 22 heavy (non-hydrogen) atoms. The van der Waals surface area contributed by atoms with Crippen LogP contribution in [0.4, 0.5) is 11.4 Å². The first-order valence-electron chi connectivity index (χ1n) is 5.79. The Balaban J connectivity index is 2.43. The first kappa shape index (κ1) is 15.4. The molecule has 112 valence electrons. The summed E-state index contributed by atoms with van der Waals surface area (Å²) < 4.78 is 4.86. The molecule has 0 saturated heterocycles. The van der Waals surface area contributed by atoms with E-state index in [1.54, 1.807) is 0 Å². The Morgan fingerprint density at radius 1 is 0.955 bits per heavy atom. The van der Waals surface area contributed by atoms with Crippen LogP contribution in [0.2, 0.25) is 5.02 Å². The first-order chi connectivity index (χ1) is 10.4. The predicted molar refractivity (Wildman–Crippen MR) is 76.2 cm³/mol. The number of esters is 1. The Labute approximate surface area is 128 Å². The van der Waals surface area contributed by atoms with Crippen molar-refractivity contribution in [1.82, 2.24) is 0 Å². The highest BCUT2D eigenvalue weighted by atomic mass is 35.5. The number of benzene rings is 2. The topological polar surface area (TPSA) is 113 Å². The van der Waals surface area contributed by atoms with Gasteiger partial charge in [-0.25, -0.2) is 4.79 Å². The van der Waals surface area contributed by atoms with Gasteiger partial charge in [0.15, 0.2) is 0 Å². The van der Waals surface area contributed by atoms with Gasteiger partial charge in [-0.2, -0.15) is 0 Å². The third-order valence-corrected chi connectivity index (χ3v) is 2.89. The fourth-order valence-electron chi connectivity index (χ4n) is 1.64. The number of hydrogen-bond acceptors (Lipinski definition) is 6. The van der Waals surface area contributed by atoms with Gasteiger partial charge in [-0.05, 0) is 30.3 Å². The van der Waals surface area contributed by atoms with E-state index in [-0.39, 0.29) is 5.56 Å². The van der Waals surface area contributed by atoms with Crippen LogP contribution < -0.4 is 4.74 Å². The van der Waals surface area contributed by atoms with Crippen molar-refractivity contribution in [3.63, 3.8) is 0 Å². The normalized spacial score (nSPS) is 10.0. The average Bonchev–Trinajstić information content (AvgIpc) is 2.47. The second kappa shape index (κ2) is 6.19. The molecule has 0 amide bonds. The lowest BCUT2D eigenvalue weighted by molar-refractivity contribution is -0.395. The van der Waals surface area contributed by atoms with E-state index in [0.29, 0.717) is 5.02 Å². The zero-order chi connectivity index (χ0) is 16.3. The zero-order valence-corrected chi connectivity index (χ0v) is 11.5. The van der Waals surface area contributed by atoms with Gasteiger partial charge in [0.2, 0.25) is 0 Å². The minimum atomic E-state index is -0.964. The van der Waals surface area contributed by atoms with Crippen molar-refractivity contribution in [2.45, 2.75) is 0 Å². The molecule has 2 aromatic carbocycles. The van der Waals surface area contributed by atoms with Crippen molar-refractivity contribution >= 4 is 28.9 Å². The molecule has 9 heteroatoms. The molecule has 0 saturated carbocycles. The van der Waals surface area contributed by atoms with E-state index in [4.69, 9.17) is 16.3 Å². The van der Waals surface area contributed by atoms with Crippen LogP contribution in [0.5, 0.6) is 5.75 Å². The third-order valence-electron chi connectivity index (χ3n) is 2.64. The summed E-state index contributed by atoms with van der Waals surface area (Å²) >= 11 is 5.68. The van der Waals surface area contributed by atoms with Crippen molar-refractivity contribution in [2.75, 3.05) is 0 Å². The highest BCUT2D eigenvalue weighted by molar-refractivity contribution is 6.30. The van der Waals surface area contributed by atoms with Crippen molar-refractivity contribution in [3.05, 3.63) is 73.3 Å². The lowest BCUT2D eigenvalue weighted by Gasteiger charge is -2.05. The van der Waals surface area contributed by atoms with E-state index in [2.05, 4.69) is 0 Å². The average molecular weight is 323 g/mol. The van der Waals surface area contributed by atoms with Crippen LogP contribution in [-0.4, -0.2) is 15.8 Å². The zero-order valence-electron chi connectivity index (χ0n) is 10.8. The molecular weight excluding hydrogens is 316 g/mol. The molecule has 0 radical (unpaired) electrons. The Bertz CT molecular complexity index is 727. The Morgan fingerprint density at radius 2 is 1.45 bits per heavy atom. The molecule has 2 rings (SSSR count). The molecule has 8 nitrogen and oxygen atoms in total. The maximum absolute atomic E-state index is 12.0. The molecule has 0 aliphatic carbocycles. The van der Waals surface area contributed by atoms with Crippen molar-refractivity contribution in [3.8, 4) is 5.75 Å². The number of rotatable bonds is 4. The number of hydrogen-bond donors (Lipinski definition) is 0. The number of halogens is 1. The van der Waals surface area contributed by atoms with Gasteiger partial charge in [-0.15, -0.1) is 0 Å². The molecule has 0 bridgehead atoms. The van der Waals surface area contributed by atoms with Crippen LogP contribution in [0, 0.1) is 20.2 Å². The van der Waals surface area contributed by atoms with Gasteiger partial charge in [-0.1, -0.05) is 11.6 Å². The van der Waals surface area contributed by atoms with E-state index in [0.717, 1.165) is 18.2 Å². The van der Waals surface area contributed by atoms with E-state index < -0.39 is 32.9 Å². The number of nitrogens with zero attached hydrogens (tertiary/aromatic N) is 2. The van der Waals surface area contributed by atoms with Crippen LogP contribution in [-0.2, 0) is 0 Å². The molecule has 0 aliphatic rings. The van der Waals surface area contributed by atoms with Crippen LogP contribution in [0.25, 0.3) is 0 Å². The number of nitro groups is 2. The van der Waals surface area contributed by atoms with Crippen LogP contribution in [0.3, 0.4) is 0 Å². The molecule has 0 fully saturated rings. The quantitative estimate of drug-likeness (QED) is 0.369. The van der Waals surface area contributed by atoms with Crippen molar-refractivity contribution in [1.29, 1.82) is 0 Å². The first-order valence-corrected chi connectivity index (χ1v) is 6.17. The number of carbonyl (C=O) groups is 1. The van der Waals surface area contributed by atoms with Crippen molar-refractivity contribution < 1.29 is 19.4 Å². The minimum Gasteiger partial charge on any atom is -0.408 e. The molecular formula is C13H7ClN2O6. The van der Waals surface area contributed by atoms with Crippen LogP contribution in [0.15, 0.2) is 42.5 Å². The maximum atomic E-state index is 12.0. The fraction of sp³-hybridized carbons (Fsp3) is 0. The van der Waals surface area contributed by atoms with E-state index >= 15 is 0 Å². The van der Waals surface area contributed by atoms with Gasteiger partial charge in [0.25, 0.3) is 5.75 Å². The van der Waals surface area contributed by atoms with E-state index in [1.807, 2.05) is 0 Å². The predicted octanol–water partition coefficient (Wildman–Crippen LogP) is 3.38. The fourth-order valence-corrected chi connectivity index (χ4v) is 1.77. The molecule has 0 aromatic heterocycles. The second-order valence-electron chi connectivity index (χ2n) is 4.04. The van der Waals surface area contributed by atoms with E-state index in [1.165, 1.54) is 24.3 Å². The van der Waals surface area contributed by atoms with Gasteiger partial charge in [0.1, 0.15) is 0 Å². The highest BCUT2D eigenvalue weighted by Crippen LogP contribution is 2.36. The van der Waals surface area contributed by atoms with Gasteiger partial charge in [0.05, 0.1) is 15.4 Å². The molecule has 0 unspecified atom stereocenters. The summed E-state index contributed by atoms with van der Waals surface area (Å²) in [7, 11) is 0. The maximum Gasteiger partial charge on any atom is 0.344 e. The lowest BCUT2D eigenvalue weighted by atomic mass is 10.2. The molecule has 0 heterocycles. The molecule has 0 spiro atoms. The monoisotopic (exact) mass is 322 g/mol. The number of para-hydroxylation sites is 1. The Kier molecular flexibility index (Phi) is 4.33. The largest absolute Gasteiger partial charge is 0.408 e. The third kappa shape index (κ3) is 3.18. The van der Waals surface area contributed by atoms with Gasteiger partial charge in [0, 0.05) is 17.2 Å². The number of nitro benzene ring substituents is 2. The smallest absolute Gasteiger partial charge is 0.344 e. The molecule has 2 aromatic rings. The second-order valence-corrected chi connectivity index (χ2v) is 4.47. The summed E-state index contributed by atoms with van der Waals surface area (Å²) in [6.07, 6.45) is 0. The summed E-state index contributed by atoms with van der Waals surface area (Å²) in [6.45, 7) is 0. The summed E-state index contributed by atoms with van der Waals surface area (Å²) in [5, 5.41) is 22.2. The summed E-state index contributed by atoms with van der Waals surface area (Å²) in [5.74, 6) is -1.67. The minimum absolute atomic E-state index is 0.0526. The summed E-state index contributed by atoms with van der Waals surface area (Å²) in [5.41, 5.74) is -1.29. The molecule has 0 atom stereocenters. The number of carbonyl (C=O) groups excluding carboxylic acids is 1. The highest BCUT2D eigenvalue weighted by Gasteiger charge is 2.29. The summed E-state index contributed by atoms with van der Waals surface area (Å²) in [6, 6.07) is 8.68. The van der Waals surface area contributed by atoms with E-state index in [9.17, 15) is 25.0 Å². The van der Waals surface area contributed by atoms with Crippen LogP contribution in [0.1, 0.15) is 10.4 Å². The number of ether oxygens (including phenoxy) is 1. The SMILES string of the molecule is O=C(Oc1c([N+](=O)[O-])cccc1[N+](=O)[O-])c1ccc(Cl)cc1. The van der Waals surface area contributed by atoms with Gasteiger partial charge < -0.3 is 4.74 Å². The Morgan fingerprint density at radius 3 is 1.91 bits per heavy atom. The molecule has 0 N–H and O–H groups in total. The Hall–Kier alpha value is -3.00. The van der Waals surface area contributed by atoms with Crippen molar-refractivity contribution in [2.24, 2.45) is 0 Å². The van der Waals surface area contributed by atoms with Gasteiger partial charge >= 0.3 is 17.3 Å². The molecule has 0 aliphatic heterocycles. The van der Waals surface area contributed by atoms with Gasteiger partial charge in [-0.3, -0.25) is 20.2 Å². The van der Waals surface area contributed by atoms with Crippen LogP contribution >= 0.6 is 11.6 Å². The lowest BCUT2D eigenvalue weighted by Crippen LogP contribution is -2.11.